The van der Waals surface area contributed by atoms with Gasteiger partial charge in [0.15, 0.2) is 17.3 Å². The Hall–Kier alpha value is -2.54. The summed E-state index contributed by atoms with van der Waals surface area (Å²) in [5, 5.41) is 6.79. The van der Waals surface area contributed by atoms with Gasteiger partial charge >= 0.3 is 0 Å². The molecule has 7 nitrogen and oxygen atoms in total. The number of fused-ring (bicyclic) bond motifs is 1. The van der Waals surface area contributed by atoms with Gasteiger partial charge in [0.2, 0.25) is 12.7 Å². The molecule has 0 saturated carbocycles. The van der Waals surface area contributed by atoms with Gasteiger partial charge in [-0.1, -0.05) is 19.0 Å². The molecule has 3 rings (SSSR count). The summed E-state index contributed by atoms with van der Waals surface area (Å²) in [6, 6.07) is 7.34. The van der Waals surface area contributed by atoms with Crippen molar-refractivity contribution in [1.82, 2.24) is 10.5 Å². The van der Waals surface area contributed by atoms with Crippen molar-refractivity contribution >= 4 is 5.91 Å². The molecule has 0 atom stereocenters. The van der Waals surface area contributed by atoms with E-state index in [0.29, 0.717) is 29.7 Å². The molecule has 7 heteroatoms. The maximum absolute atomic E-state index is 11.6. The van der Waals surface area contributed by atoms with Crippen molar-refractivity contribution in [3.63, 3.8) is 0 Å². The Bertz CT molecular complexity index is 726. The fourth-order valence-electron chi connectivity index (χ4n) is 2.37. The van der Waals surface area contributed by atoms with E-state index < -0.39 is 0 Å². The molecule has 1 N–H and O–H groups in total. The van der Waals surface area contributed by atoms with Crippen molar-refractivity contribution in [1.29, 1.82) is 0 Å². The highest BCUT2D eigenvalue weighted by atomic mass is 16.7. The van der Waals surface area contributed by atoms with Gasteiger partial charge in [0.25, 0.3) is 0 Å². The molecule has 0 fully saturated rings. The van der Waals surface area contributed by atoms with E-state index >= 15 is 0 Å². The van der Waals surface area contributed by atoms with Gasteiger partial charge in [0, 0.05) is 18.2 Å². The van der Waals surface area contributed by atoms with Gasteiger partial charge in [-0.3, -0.25) is 4.79 Å². The summed E-state index contributed by atoms with van der Waals surface area (Å²) in [7, 11) is 0. The summed E-state index contributed by atoms with van der Waals surface area (Å²) >= 11 is 0. The highest BCUT2D eigenvalue weighted by Gasteiger charge is 2.16. The molecule has 0 aliphatic carbocycles. The molecule has 1 aliphatic heterocycles. The zero-order chi connectivity index (χ0) is 17.6. The zero-order valence-corrected chi connectivity index (χ0v) is 14.4. The Balaban J connectivity index is 1.47. The molecule has 0 bridgehead atoms. The van der Waals surface area contributed by atoms with Crippen LogP contribution in [0.2, 0.25) is 0 Å². The largest absolute Gasteiger partial charge is 0.454 e. The van der Waals surface area contributed by atoms with Crippen molar-refractivity contribution in [3.8, 4) is 22.8 Å². The van der Waals surface area contributed by atoms with Crippen LogP contribution in [0.3, 0.4) is 0 Å². The molecule has 1 aliphatic rings. The smallest absolute Gasteiger partial charge is 0.246 e. The fourth-order valence-corrected chi connectivity index (χ4v) is 2.37. The molecule has 2 aromatic rings. The Morgan fingerprint density at radius 2 is 2.12 bits per heavy atom. The van der Waals surface area contributed by atoms with E-state index in [9.17, 15) is 4.79 Å². The van der Waals surface area contributed by atoms with Crippen LogP contribution < -0.4 is 14.8 Å². The normalized spacial score (nSPS) is 12.6. The predicted molar refractivity (Wildman–Crippen MR) is 90.2 cm³/mol. The molecule has 0 unspecified atom stereocenters. The van der Waals surface area contributed by atoms with Crippen LogP contribution in [-0.2, 0) is 16.1 Å². The van der Waals surface area contributed by atoms with E-state index in [0.717, 1.165) is 17.7 Å². The van der Waals surface area contributed by atoms with E-state index in [1.807, 2.05) is 18.2 Å². The average molecular weight is 346 g/mol. The van der Waals surface area contributed by atoms with Crippen LogP contribution in [-0.4, -0.2) is 31.0 Å². The second kappa shape index (κ2) is 8.02. The Morgan fingerprint density at radius 1 is 1.28 bits per heavy atom. The second-order valence-electron chi connectivity index (χ2n) is 6.28. The topological polar surface area (TPSA) is 82.8 Å². The molecule has 2 heterocycles. The predicted octanol–water partition coefficient (Wildman–Crippen LogP) is 2.75. The highest BCUT2D eigenvalue weighted by Crippen LogP contribution is 2.36. The van der Waals surface area contributed by atoms with E-state index in [1.54, 1.807) is 6.07 Å². The third-order valence-electron chi connectivity index (χ3n) is 3.74. The van der Waals surface area contributed by atoms with E-state index in [-0.39, 0.29) is 25.9 Å². The number of benzene rings is 1. The first-order chi connectivity index (χ1) is 12.1. The Kier molecular flexibility index (Phi) is 5.55. The van der Waals surface area contributed by atoms with Crippen LogP contribution in [0.5, 0.6) is 11.5 Å². The average Bonchev–Trinajstić information content (AvgIpc) is 3.22. The lowest BCUT2D eigenvalue weighted by Gasteiger charge is -2.07. The lowest BCUT2D eigenvalue weighted by molar-refractivity contribution is -0.126. The molecule has 0 saturated heterocycles. The lowest BCUT2D eigenvalue weighted by Crippen LogP contribution is -2.29. The summed E-state index contributed by atoms with van der Waals surface area (Å²) in [6.45, 7) is 5.34. The number of nitrogens with one attached hydrogen (secondary N) is 1. The Labute approximate surface area is 146 Å². The molecule has 1 amide bonds. The maximum Gasteiger partial charge on any atom is 0.246 e. The minimum Gasteiger partial charge on any atom is -0.454 e. The van der Waals surface area contributed by atoms with Gasteiger partial charge in [-0.05, 0) is 30.5 Å². The summed E-state index contributed by atoms with van der Waals surface area (Å²) in [5.41, 5.74) is 1.47. The number of hydrogen-bond donors (Lipinski definition) is 1. The molecule has 1 aromatic carbocycles. The standard InChI is InChI=1S/C18H22N2O5/c1-12(2)5-6-19-18(21)10-22-9-14-8-16(25-20-14)13-3-4-15-17(7-13)24-11-23-15/h3-4,7-8,12H,5-6,9-11H2,1-2H3,(H,19,21). The van der Waals surface area contributed by atoms with E-state index in [4.69, 9.17) is 18.7 Å². The van der Waals surface area contributed by atoms with Gasteiger partial charge in [-0.2, -0.15) is 0 Å². The number of rotatable bonds is 8. The third-order valence-corrected chi connectivity index (χ3v) is 3.74. The summed E-state index contributed by atoms with van der Waals surface area (Å²) in [5.74, 6) is 2.45. The summed E-state index contributed by atoms with van der Waals surface area (Å²) in [6.07, 6.45) is 0.952. The lowest BCUT2D eigenvalue weighted by atomic mass is 10.1. The second-order valence-corrected chi connectivity index (χ2v) is 6.28. The number of carbonyl (C=O) groups excluding carboxylic acids is 1. The molecule has 0 radical (unpaired) electrons. The van der Waals surface area contributed by atoms with Crippen molar-refractivity contribution in [2.24, 2.45) is 5.92 Å². The molecule has 1 aromatic heterocycles. The summed E-state index contributed by atoms with van der Waals surface area (Å²) in [4.78, 5) is 11.6. The van der Waals surface area contributed by atoms with Crippen molar-refractivity contribution in [3.05, 3.63) is 30.0 Å². The minimum atomic E-state index is -0.125. The number of nitrogens with zero attached hydrogens (tertiary/aromatic N) is 1. The molecular weight excluding hydrogens is 324 g/mol. The number of carbonyl (C=O) groups is 1. The van der Waals surface area contributed by atoms with Crippen LogP contribution in [0.15, 0.2) is 28.8 Å². The van der Waals surface area contributed by atoms with Gasteiger partial charge in [0.1, 0.15) is 12.3 Å². The van der Waals surface area contributed by atoms with Gasteiger partial charge in [-0.25, -0.2) is 0 Å². The first-order valence-corrected chi connectivity index (χ1v) is 8.32. The number of amides is 1. The maximum atomic E-state index is 11.6. The number of ether oxygens (including phenoxy) is 3. The molecular formula is C18H22N2O5. The minimum absolute atomic E-state index is 0.00428. The molecule has 134 valence electrons. The van der Waals surface area contributed by atoms with Crippen molar-refractivity contribution in [2.45, 2.75) is 26.9 Å². The monoisotopic (exact) mass is 346 g/mol. The Morgan fingerprint density at radius 3 is 2.96 bits per heavy atom. The van der Waals surface area contributed by atoms with Crippen LogP contribution in [0, 0.1) is 5.92 Å². The third kappa shape index (κ3) is 4.73. The van der Waals surface area contributed by atoms with Crippen LogP contribution in [0.1, 0.15) is 26.0 Å². The SMILES string of the molecule is CC(C)CCNC(=O)COCc1cc(-c2ccc3c(c2)OCO3)on1. The van der Waals surface area contributed by atoms with Crippen molar-refractivity contribution < 1.29 is 23.5 Å². The first kappa shape index (κ1) is 17.3. The quantitative estimate of drug-likeness (QED) is 0.791. The number of aromatic nitrogens is 1. The molecule has 25 heavy (non-hydrogen) atoms. The van der Waals surface area contributed by atoms with Crippen molar-refractivity contribution in [2.75, 3.05) is 19.9 Å². The van der Waals surface area contributed by atoms with Gasteiger partial charge in [0.05, 0.1) is 6.61 Å². The molecule has 0 spiro atoms. The fraction of sp³-hybridized carbons (Fsp3) is 0.444. The summed E-state index contributed by atoms with van der Waals surface area (Å²) < 4.78 is 21.4. The van der Waals surface area contributed by atoms with Crippen LogP contribution in [0.4, 0.5) is 0 Å². The van der Waals surface area contributed by atoms with Gasteiger partial charge < -0.3 is 24.1 Å². The number of hydrogen-bond acceptors (Lipinski definition) is 6. The zero-order valence-electron chi connectivity index (χ0n) is 14.4. The highest BCUT2D eigenvalue weighted by molar-refractivity contribution is 5.77. The van der Waals surface area contributed by atoms with E-state index in [1.165, 1.54) is 0 Å². The van der Waals surface area contributed by atoms with E-state index in [2.05, 4.69) is 24.3 Å². The van der Waals surface area contributed by atoms with Gasteiger partial charge in [-0.15, -0.1) is 0 Å². The first-order valence-electron chi connectivity index (χ1n) is 8.32. The van der Waals surface area contributed by atoms with Crippen LogP contribution in [0.25, 0.3) is 11.3 Å². The van der Waals surface area contributed by atoms with Crippen LogP contribution >= 0.6 is 0 Å².